The molecule has 4 rings (SSSR count). The number of thioether (sulfide) groups is 1. The lowest BCUT2D eigenvalue weighted by molar-refractivity contribution is -0.141. The average molecular weight is 624 g/mol. The lowest BCUT2D eigenvalue weighted by atomic mass is 9.84. The molecule has 45 heavy (non-hydrogen) atoms. The summed E-state index contributed by atoms with van der Waals surface area (Å²) in [7, 11) is 3.17. The fourth-order valence-electron chi connectivity index (χ4n) is 5.15. The predicted octanol–water partition coefficient (Wildman–Crippen LogP) is 5.73. The normalized spacial score (nSPS) is 12.3. The van der Waals surface area contributed by atoms with Gasteiger partial charge in [-0.3, -0.25) is 19.5 Å². The van der Waals surface area contributed by atoms with Crippen LogP contribution in [0.2, 0.25) is 0 Å². The second-order valence-corrected chi connectivity index (χ2v) is 12.1. The molecular formula is C37H41N3O4S. The molecule has 0 spiro atoms. The standard InChI is InChI=1S/C37H41N3O4S/c1-40(28-36(43)44-2)27-33-22-14-21-32(39-33)26-38-35(42)25-34(41)23-12-13-24-45-37(29-15-6-3-7-16-29,30-17-8-4-9-18-30)31-19-10-5-11-20-31/h3-12,14-23,34,41H,13,24-28H2,1-2H3,(H,38,42)/b23-12+/t34-/m1/s1. The zero-order chi connectivity index (χ0) is 31.9. The monoisotopic (exact) mass is 623 g/mol. The molecule has 0 saturated carbocycles. The highest BCUT2D eigenvalue weighted by Crippen LogP contribution is 2.48. The predicted molar refractivity (Wildman–Crippen MR) is 180 cm³/mol. The molecule has 0 unspecified atom stereocenters. The molecule has 1 amide bonds. The van der Waals surface area contributed by atoms with Gasteiger partial charge in [-0.15, -0.1) is 11.8 Å². The fourth-order valence-corrected chi connectivity index (χ4v) is 6.62. The maximum Gasteiger partial charge on any atom is 0.319 e. The number of nitrogens with zero attached hydrogens (tertiary/aromatic N) is 2. The van der Waals surface area contributed by atoms with E-state index in [9.17, 15) is 14.7 Å². The van der Waals surface area contributed by atoms with Crippen molar-refractivity contribution in [1.29, 1.82) is 0 Å². The van der Waals surface area contributed by atoms with Gasteiger partial charge in [0, 0.05) is 6.54 Å². The van der Waals surface area contributed by atoms with Crippen LogP contribution in [0.3, 0.4) is 0 Å². The van der Waals surface area contributed by atoms with Gasteiger partial charge in [0.25, 0.3) is 0 Å². The molecule has 0 fully saturated rings. The summed E-state index contributed by atoms with van der Waals surface area (Å²) in [5, 5.41) is 13.4. The molecule has 0 radical (unpaired) electrons. The van der Waals surface area contributed by atoms with E-state index < -0.39 is 10.9 Å². The Hall–Kier alpha value is -4.24. The molecule has 4 aromatic rings. The Morgan fingerprint density at radius 3 is 2.00 bits per heavy atom. The second-order valence-electron chi connectivity index (χ2n) is 10.8. The molecule has 0 aliphatic carbocycles. The van der Waals surface area contributed by atoms with Crippen molar-refractivity contribution in [2.75, 3.05) is 26.5 Å². The number of likely N-dealkylation sites (N-methyl/N-ethyl adjacent to an activating group) is 1. The summed E-state index contributed by atoms with van der Waals surface area (Å²) in [6, 6.07) is 37.3. The van der Waals surface area contributed by atoms with Crippen LogP contribution in [0.1, 0.15) is 40.9 Å². The van der Waals surface area contributed by atoms with E-state index in [4.69, 9.17) is 4.74 Å². The van der Waals surface area contributed by atoms with E-state index >= 15 is 0 Å². The van der Waals surface area contributed by atoms with E-state index in [1.807, 2.05) is 66.2 Å². The number of hydrogen-bond acceptors (Lipinski definition) is 7. The zero-order valence-corrected chi connectivity index (χ0v) is 26.7. The first-order valence-electron chi connectivity index (χ1n) is 15.0. The smallest absolute Gasteiger partial charge is 0.319 e. The molecule has 0 bridgehead atoms. The number of nitrogens with one attached hydrogen (secondary N) is 1. The van der Waals surface area contributed by atoms with Crippen LogP contribution in [0.25, 0.3) is 0 Å². The molecule has 1 aromatic heterocycles. The van der Waals surface area contributed by atoms with Crippen molar-refractivity contribution in [3.8, 4) is 0 Å². The second kappa shape index (κ2) is 17.3. The molecule has 0 aliphatic heterocycles. The molecule has 0 aliphatic rings. The van der Waals surface area contributed by atoms with E-state index in [0.717, 1.165) is 17.9 Å². The molecule has 2 N–H and O–H groups in total. The molecule has 8 heteroatoms. The summed E-state index contributed by atoms with van der Waals surface area (Å²) in [6.07, 6.45) is 3.47. The number of ether oxygens (including phenoxy) is 1. The molecule has 3 aromatic carbocycles. The van der Waals surface area contributed by atoms with Crippen LogP contribution in [-0.2, 0) is 32.2 Å². The fraction of sp³-hybridized carbons (Fsp3) is 0.270. The number of esters is 1. The van der Waals surface area contributed by atoms with Crippen molar-refractivity contribution < 1.29 is 19.4 Å². The van der Waals surface area contributed by atoms with Gasteiger partial charge in [0.1, 0.15) is 0 Å². The Labute approximate surface area is 270 Å². The summed E-state index contributed by atoms with van der Waals surface area (Å²) in [5.41, 5.74) is 5.11. The Morgan fingerprint density at radius 1 is 0.889 bits per heavy atom. The summed E-state index contributed by atoms with van der Waals surface area (Å²) in [5.74, 6) is 0.241. The number of aromatic nitrogens is 1. The van der Waals surface area contributed by atoms with Crippen LogP contribution in [0.4, 0.5) is 0 Å². The number of carbonyl (C=O) groups is 2. The minimum atomic E-state index is -0.886. The quantitative estimate of drug-likeness (QED) is 0.0714. The highest BCUT2D eigenvalue weighted by atomic mass is 32.2. The van der Waals surface area contributed by atoms with Crippen LogP contribution in [0.5, 0.6) is 0 Å². The van der Waals surface area contributed by atoms with Crippen LogP contribution in [0, 0.1) is 0 Å². The Bertz CT molecular complexity index is 1420. The summed E-state index contributed by atoms with van der Waals surface area (Å²) in [4.78, 5) is 30.4. The number of carbonyl (C=O) groups excluding carboxylic acids is 2. The van der Waals surface area contributed by atoms with Crippen molar-refractivity contribution in [2.45, 2.75) is 36.8 Å². The van der Waals surface area contributed by atoms with Crippen LogP contribution in [-0.4, -0.2) is 59.4 Å². The van der Waals surface area contributed by atoms with Gasteiger partial charge in [-0.1, -0.05) is 109 Å². The lowest BCUT2D eigenvalue weighted by Crippen LogP contribution is -2.28. The number of pyridine rings is 1. The lowest BCUT2D eigenvalue weighted by Gasteiger charge is -2.35. The number of aliphatic hydroxyl groups is 1. The highest BCUT2D eigenvalue weighted by Gasteiger charge is 2.36. The van der Waals surface area contributed by atoms with Gasteiger partial charge in [-0.2, -0.15) is 0 Å². The Morgan fingerprint density at radius 2 is 1.44 bits per heavy atom. The first-order chi connectivity index (χ1) is 21.9. The van der Waals surface area contributed by atoms with Gasteiger partial charge in [-0.25, -0.2) is 0 Å². The SMILES string of the molecule is COC(=O)CN(C)Cc1cccc(CNC(=O)C[C@H](O)/C=C/CCSC(c2ccccc2)(c2ccccc2)c2ccccc2)n1. The first-order valence-corrected chi connectivity index (χ1v) is 16.0. The zero-order valence-electron chi connectivity index (χ0n) is 25.8. The number of benzene rings is 3. The van der Waals surface area contributed by atoms with E-state index in [1.165, 1.54) is 23.8 Å². The largest absolute Gasteiger partial charge is 0.468 e. The van der Waals surface area contributed by atoms with Crippen molar-refractivity contribution in [3.63, 3.8) is 0 Å². The maximum atomic E-state index is 12.5. The van der Waals surface area contributed by atoms with Gasteiger partial charge in [0.15, 0.2) is 0 Å². The third-order valence-corrected chi connectivity index (χ3v) is 8.87. The van der Waals surface area contributed by atoms with Gasteiger partial charge >= 0.3 is 5.97 Å². The number of methoxy groups -OCH3 is 1. The van der Waals surface area contributed by atoms with Crippen molar-refractivity contribution in [2.24, 2.45) is 0 Å². The Balaban J connectivity index is 1.31. The minimum Gasteiger partial charge on any atom is -0.468 e. The molecule has 234 valence electrons. The summed E-state index contributed by atoms with van der Waals surface area (Å²) >= 11 is 1.86. The van der Waals surface area contributed by atoms with Crippen LogP contribution < -0.4 is 5.32 Å². The van der Waals surface area contributed by atoms with E-state index in [1.54, 1.807) is 6.08 Å². The highest BCUT2D eigenvalue weighted by molar-refractivity contribution is 8.00. The maximum absolute atomic E-state index is 12.5. The number of allylic oxidation sites excluding steroid dienone is 1. The van der Waals surface area contributed by atoms with E-state index in [0.29, 0.717) is 12.2 Å². The van der Waals surface area contributed by atoms with Gasteiger partial charge in [-0.05, 0) is 48.0 Å². The van der Waals surface area contributed by atoms with Crippen LogP contribution in [0.15, 0.2) is 121 Å². The van der Waals surface area contributed by atoms with Gasteiger partial charge in [0.05, 0.1) is 48.9 Å². The Kier molecular flexibility index (Phi) is 12.9. The molecule has 7 nitrogen and oxygen atoms in total. The summed E-state index contributed by atoms with van der Waals surface area (Å²) < 4.78 is 4.31. The van der Waals surface area contributed by atoms with Gasteiger partial charge < -0.3 is 15.2 Å². The third kappa shape index (κ3) is 9.88. The molecule has 1 heterocycles. The number of rotatable bonds is 16. The molecular weight excluding hydrogens is 582 g/mol. The molecule has 1 atom stereocenters. The average Bonchev–Trinajstić information content (AvgIpc) is 3.07. The van der Waals surface area contributed by atoms with Crippen molar-refractivity contribution in [3.05, 3.63) is 149 Å². The number of aliphatic hydroxyl groups excluding tert-OH is 1. The van der Waals surface area contributed by atoms with Gasteiger partial charge in [0.2, 0.25) is 5.91 Å². The minimum absolute atomic E-state index is 0.0345. The van der Waals surface area contributed by atoms with E-state index in [-0.39, 0.29) is 31.4 Å². The van der Waals surface area contributed by atoms with Crippen LogP contribution >= 0.6 is 11.8 Å². The third-order valence-electron chi connectivity index (χ3n) is 7.29. The topological polar surface area (TPSA) is 91.8 Å². The number of hydrogen-bond donors (Lipinski definition) is 2. The first kappa shape index (κ1) is 33.6. The van der Waals surface area contributed by atoms with Crippen molar-refractivity contribution in [1.82, 2.24) is 15.2 Å². The van der Waals surface area contributed by atoms with Crippen molar-refractivity contribution >= 4 is 23.6 Å². The van der Waals surface area contributed by atoms with E-state index in [2.05, 4.69) is 83.1 Å². The molecule has 0 saturated heterocycles. The number of amides is 1. The summed E-state index contributed by atoms with van der Waals surface area (Å²) in [6.45, 7) is 0.889.